The van der Waals surface area contributed by atoms with Crippen LogP contribution in [0.2, 0.25) is 0 Å². The number of aryl methyl sites for hydroxylation is 1. The Morgan fingerprint density at radius 2 is 2.19 bits per heavy atom. The average Bonchev–Trinajstić information content (AvgIpc) is 3.10. The summed E-state index contributed by atoms with van der Waals surface area (Å²) in [5.74, 6) is 1.83. The molecule has 6 nitrogen and oxygen atoms in total. The van der Waals surface area contributed by atoms with E-state index in [9.17, 15) is 18.0 Å². The quantitative estimate of drug-likeness (QED) is 0.793. The maximum atomic E-state index is 12.9. The van der Waals surface area contributed by atoms with Crippen molar-refractivity contribution >= 4 is 17.7 Å². The van der Waals surface area contributed by atoms with E-state index in [0.29, 0.717) is 13.1 Å². The number of rotatable bonds is 3. The summed E-state index contributed by atoms with van der Waals surface area (Å²) < 4.78 is 40.3. The van der Waals surface area contributed by atoms with Gasteiger partial charge in [-0.15, -0.1) is 0 Å². The maximum Gasteiger partial charge on any atom is 0.433 e. The molecule has 2 aromatic heterocycles. The molecule has 2 aliphatic rings. The van der Waals surface area contributed by atoms with Gasteiger partial charge in [0.05, 0.1) is 18.3 Å². The van der Waals surface area contributed by atoms with Crippen LogP contribution >= 0.6 is 11.8 Å². The van der Waals surface area contributed by atoms with Crippen molar-refractivity contribution in [3.05, 3.63) is 45.6 Å². The molecule has 0 bridgehead atoms. The largest absolute Gasteiger partial charge is 0.433 e. The van der Waals surface area contributed by atoms with Crippen molar-refractivity contribution in [1.82, 2.24) is 19.7 Å². The van der Waals surface area contributed by atoms with Gasteiger partial charge < -0.3 is 4.90 Å². The summed E-state index contributed by atoms with van der Waals surface area (Å²) in [4.78, 5) is 21.9. The third-order valence-corrected chi connectivity index (χ3v) is 5.86. The number of fused-ring (bicyclic) bond motifs is 1. The number of aromatic nitrogens is 4. The fourth-order valence-corrected chi connectivity index (χ4v) is 4.47. The third kappa shape index (κ3) is 3.80. The summed E-state index contributed by atoms with van der Waals surface area (Å²) in [5, 5.41) is 4.50. The van der Waals surface area contributed by atoms with E-state index in [1.165, 1.54) is 4.68 Å². The van der Waals surface area contributed by atoms with Crippen LogP contribution in [0.25, 0.3) is 0 Å². The van der Waals surface area contributed by atoms with Crippen LogP contribution in [0.15, 0.2) is 23.1 Å². The monoisotopic (exact) mass is 397 g/mol. The molecule has 0 aliphatic carbocycles. The summed E-state index contributed by atoms with van der Waals surface area (Å²) >= 11 is 1.78. The Morgan fingerprint density at radius 1 is 1.33 bits per heavy atom. The van der Waals surface area contributed by atoms with Gasteiger partial charge in [-0.1, -0.05) is 0 Å². The number of hydrogen-bond acceptors (Lipinski definition) is 6. The molecule has 0 radical (unpaired) electrons. The number of nitrogens with zero attached hydrogens (tertiary/aromatic N) is 5. The van der Waals surface area contributed by atoms with Gasteiger partial charge in [-0.2, -0.15) is 30.0 Å². The van der Waals surface area contributed by atoms with E-state index in [1.54, 1.807) is 22.7 Å². The first-order valence-corrected chi connectivity index (χ1v) is 9.92. The highest BCUT2D eigenvalue weighted by atomic mass is 32.2. The van der Waals surface area contributed by atoms with Crippen LogP contribution in [0.3, 0.4) is 0 Å². The molecule has 4 rings (SSSR count). The van der Waals surface area contributed by atoms with E-state index >= 15 is 0 Å². The smallest absolute Gasteiger partial charge is 0.336 e. The van der Waals surface area contributed by atoms with Crippen molar-refractivity contribution in [1.29, 1.82) is 0 Å². The van der Waals surface area contributed by atoms with Gasteiger partial charge in [-0.25, -0.2) is 14.6 Å². The second-order valence-electron chi connectivity index (χ2n) is 6.67. The van der Waals surface area contributed by atoms with Gasteiger partial charge in [0.15, 0.2) is 0 Å². The molecule has 1 atom stereocenters. The van der Waals surface area contributed by atoms with Crippen LogP contribution in [0.5, 0.6) is 0 Å². The highest BCUT2D eigenvalue weighted by Gasteiger charge is 2.35. The van der Waals surface area contributed by atoms with Gasteiger partial charge in [0.25, 0.3) is 5.56 Å². The number of alkyl halides is 3. The Kier molecular flexibility index (Phi) is 4.83. The lowest BCUT2D eigenvalue weighted by Crippen LogP contribution is -2.38. The molecule has 2 aliphatic heterocycles. The number of thioether (sulfide) groups is 1. The minimum Gasteiger partial charge on any atom is -0.336 e. The van der Waals surface area contributed by atoms with Gasteiger partial charge in [0, 0.05) is 31.0 Å². The van der Waals surface area contributed by atoms with Crippen LogP contribution in [0.1, 0.15) is 29.8 Å². The minimum absolute atomic E-state index is 0.0507. The molecule has 4 heterocycles. The van der Waals surface area contributed by atoms with E-state index in [0.717, 1.165) is 54.3 Å². The van der Waals surface area contributed by atoms with Crippen molar-refractivity contribution in [2.24, 2.45) is 0 Å². The fourth-order valence-electron chi connectivity index (χ4n) is 3.52. The number of anilines is 1. The lowest BCUT2D eigenvalue weighted by molar-refractivity contribution is -0.141. The topological polar surface area (TPSA) is 63.9 Å². The predicted molar refractivity (Wildman–Crippen MR) is 95.8 cm³/mol. The summed E-state index contributed by atoms with van der Waals surface area (Å²) in [7, 11) is 0. The van der Waals surface area contributed by atoms with Crippen molar-refractivity contribution in [3.8, 4) is 0 Å². The summed E-state index contributed by atoms with van der Waals surface area (Å²) in [6, 6.07) is 2.34. The number of halogens is 3. The van der Waals surface area contributed by atoms with Crippen LogP contribution in [-0.4, -0.2) is 38.1 Å². The fraction of sp³-hybridized carbons (Fsp3) is 0.529. The van der Waals surface area contributed by atoms with E-state index in [2.05, 4.69) is 15.1 Å². The Bertz CT molecular complexity index is 901. The molecule has 144 valence electrons. The number of hydrogen-bond donors (Lipinski definition) is 0. The Morgan fingerprint density at radius 3 is 3.00 bits per heavy atom. The molecule has 1 fully saturated rings. The highest BCUT2D eigenvalue weighted by molar-refractivity contribution is 7.98. The third-order valence-electron chi connectivity index (χ3n) is 4.86. The molecule has 2 aromatic rings. The molecular weight excluding hydrogens is 379 g/mol. The van der Waals surface area contributed by atoms with E-state index in [4.69, 9.17) is 0 Å². The predicted octanol–water partition coefficient (Wildman–Crippen LogP) is 2.51. The molecular formula is C17H18F3N5OS. The second-order valence-corrected chi connectivity index (χ2v) is 7.77. The SMILES string of the molecule is O=c1cc2c(nn1CC1CCCN1c1nccc(C(F)(F)F)n1)CCSC2. The van der Waals surface area contributed by atoms with Crippen molar-refractivity contribution in [3.63, 3.8) is 0 Å². The van der Waals surface area contributed by atoms with Crippen LogP contribution < -0.4 is 10.5 Å². The lowest BCUT2D eigenvalue weighted by atomic mass is 10.2. The molecule has 0 N–H and O–H groups in total. The lowest BCUT2D eigenvalue weighted by Gasteiger charge is -2.26. The molecule has 27 heavy (non-hydrogen) atoms. The zero-order valence-electron chi connectivity index (χ0n) is 14.4. The van der Waals surface area contributed by atoms with E-state index in [1.807, 2.05) is 0 Å². The normalized spacial score (nSPS) is 20.0. The second kappa shape index (κ2) is 7.14. The van der Waals surface area contributed by atoms with Crippen LogP contribution in [0, 0.1) is 0 Å². The average molecular weight is 397 g/mol. The zero-order valence-corrected chi connectivity index (χ0v) is 15.3. The zero-order chi connectivity index (χ0) is 19.0. The van der Waals surface area contributed by atoms with Gasteiger partial charge >= 0.3 is 6.18 Å². The van der Waals surface area contributed by atoms with Gasteiger partial charge in [-0.05, 0) is 30.2 Å². The summed E-state index contributed by atoms with van der Waals surface area (Å²) in [6.07, 6.45) is -1.00. The van der Waals surface area contributed by atoms with Crippen LogP contribution in [-0.2, 0) is 24.9 Å². The van der Waals surface area contributed by atoms with Gasteiger partial charge in [0.1, 0.15) is 5.69 Å². The molecule has 0 amide bonds. The first-order chi connectivity index (χ1) is 12.9. The van der Waals surface area contributed by atoms with Crippen molar-refractivity contribution in [2.45, 2.75) is 43.8 Å². The van der Waals surface area contributed by atoms with Gasteiger partial charge in [0.2, 0.25) is 5.95 Å². The maximum absolute atomic E-state index is 12.9. The Hall–Kier alpha value is -2.10. The highest BCUT2D eigenvalue weighted by Crippen LogP contribution is 2.30. The van der Waals surface area contributed by atoms with E-state index in [-0.39, 0.29) is 17.5 Å². The van der Waals surface area contributed by atoms with E-state index < -0.39 is 11.9 Å². The molecule has 0 saturated carbocycles. The summed E-state index contributed by atoms with van der Waals surface area (Å²) in [5.41, 5.74) is 0.790. The molecule has 10 heteroatoms. The molecule has 0 aromatic carbocycles. The van der Waals surface area contributed by atoms with Crippen molar-refractivity contribution < 1.29 is 13.2 Å². The van der Waals surface area contributed by atoms with Crippen molar-refractivity contribution in [2.75, 3.05) is 17.2 Å². The minimum atomic E-state index is -4.51. The van der Waals surface area contributed by atoms with Gasteiger partial charge in [-0.3, -0.25) is 4.79 Å². The first-order valence-electron chi connectivity index (χ1n) is 8.76. The Labute approximate surface area is 157 Å². The summed E-state index contributed by atoms with van der Waals surface area (Å²) in [6.45, 7) is 0.876. The Balaban J connectivity index is 1.59. The standard InChI is InChI=1S/C17H18F3N5OS/c18-17(19,20)14-3-5-21-16(22-14)24-6-1-2-12(24)9-25-15(26)8-11-10-27-7-4-13(11)23-25/h3,5,8,12H,1-2,4,6-7,9-10H2. The van der Waals surface area contributed by atoms with Crippen LogP contribution in [0.4, 0.5) is 19.1 Å². The molecule has 1 saturated heterocycles. The first kappa shape index (κ1) is 18.3. The molecule has 1 unspecified atom stereocenters. The molecule has 0 spiro atoms.